The van der Waals surface area contributed by atoms with Crippen molar-refractivity contribution in [2.75, 3.05) is 5.32 Å². The standard InChI is InChI=1S/C12H15F2NO/c1-12(2,3)7-11(16)15-8-4-5-9(13)10(14)6-8/h4-6H,7H2,1-3H3,(H,15,16). The molecule has 1 aromatic rings. The average Bonchev–Trinajstić information content (AvgIpc) is 2.08. The Hall–Kier alpha value is -1.45. The second-order valence-electron chi connectivity index (χ2n) is 4.91. The summed E-state index contributed by atoms with van der Waals surface area (Å²) in [4.78, 5) is 11.5. The third-order valence-corrected chi connectivity index (χ3v) is 1.89. The lowest BCUT2D eigenvalue weighted by atomic mass is 9.92. The summed E-state index contributed by atoms with van der Waals surface area (Å²) in [6.45, 7) is 5.79. The molecule has 1 aromatic carbocycles. The van der Waals surface area contributed by atoms with E-state index >= 15 is 0 Å². The second-order valence-corrected chi connectivity index (χ2v) is 4.91. The van der Waals surface area contributed by atoms with Gasteiger partial charge in [-0.25, -0.2) is 8.78 Å². The highest BCUT2D eigenvalue weighted by Gasteiger charge is 2.16. The number of hydrogen-bond acceptors (Lipinski definition) is 1. The van der Waals surface area contributed by atoms with E-state index in [-0.39, 0.29) is 17.0 Å². The summed E-state index contributed by atoms with van der Waals surface area (Å²) in [5.74, 6) is -2.10. The molecule has 0 fully saturated rings. The van der Waals surface area contributed by atoms with Crippen LogP contribution in [0, 0.1) is 17.0 Å². The van der Waals surface area contributed by atoms with Gasteiger partial charge < -0.3 is 5.32 Å². The smallest absolute Gasteiger partial charge is 0.224 e. The van der Waals surface area contributed by atoms with Crippen molar-refractivity contribution < 1.29 is 13.6 Å². The molecule has 1 N–H and O–H groups in total. The Bertz CT molecular complexity index is 396. The van der Waals surface area contributed by atoms with Crippen molar-refractivity contribution in [3.8, 4) is 0 Å². The van der Waals surface area contributed by atoms with Gasteiger partial charge in [0.2, 0.25) is 5.91 Å². The lowest BCUT2D eigenvalue weighted by Gasteiger charge is -2.17. The fourth-order valence-electron chi connectivity index (χ4n) is 1.26. The molecule has 1 amide bonds. The monoisotopic (exact) mass is 227 g/mol. The zero-order valence-corrected chi connectivity index (χ0v) is 9.60. The number of carbonyl (C=O) groups is 1. The summed E-state index contributed by atoms with van der Waals surface area (Å²) in [5, 5.41) is 2.52. The molecule has 0 bridgehead atoms. The van der Waals surface area contributed by atoms with Crippen LogP contribution in [0.5, 0.6) is 0 Å². The molecule has 0 aromatic heterocycles. The normalized spacial score (nSPS) is 11.3. The van der Waals surface area contributed by atoms with Crippen molar-refractivity contribution in [3.63, 3.8) is 0 Å². The van der Waals surface area contributed by atoms with E-state index in [2.05, 4.69) is 5.32 Å². The van der Waals surface area contributed by atoms with Gasteiger partial charge in [0.15, 0.2) is 11.6 Å². The molecule has 0 heterocycles. The summed E-state index contributed by atoms with van der Waals surface area (Å²) < 4.78 is 25.5. The predicted octanol–water partition coefficient (Wildman–Crippen LogP) is 3.34. The third-order valence-electron chi connectivity index (χ3n) is 1.89. The number of benzene rings is 1. The number of anilines is 1. The maximum atomic E-state index is 12.8. The third kappa shape index (κ3) is 3.96. The zero-order valence-electron chi connectivity index (χ0n) is 9.60. The number of hydrogen-bond donors (Lipinski definition) is 1. The highest BCUT2D eigenvalue weighted by Crippen LogP contribution is 2.20. The van der Waals surface area contributed by atoms with E-state index in [1.165, 1.54) is 6.07 Å². The van der Waals surface area contributed by atoms with Crippen molar-refractivity contribution in [1.29, 1.82) is 0 Å². The first kappa shape index (κ1) is 12.6. The molecule has 0 aliphatic carbocycles. The second kappa shape index (κ2) is 4.60. The number of amides is 1. The van der Waals surface area contributed by atoms with Crippen molar-refractivity contribution in [2.24, 2.45) is 5.41 Å². The fourth-order valence-corrected chi connectivity index (χ4v) is 1.26. The molecule has 0 atom stereocenters. The van der Waals surface area contributed by atoms with Gasteiger partial charge in [-0.3, -0.25) is 4.79 Å². The van der Waals surface area contributed by atoms with Crippen LogP contribution in [-0.2, 0) is 4.79 Å². The summed E-state index contributed by atoms with van der Waals surface area (Å²) in [6, 6.07) is 3.29. The van der Waals surface area contributed by atoms with E-state index in [9.17, 15) is 13.6 Å². The molecule has 1 rings (SSSR count). The number of nitrogens with one attached hydrogen (secondary N) is 1. The largest absolute Gasteiger partial charge is 0.326 e. The molecule has 0 saturated carbocycles. The first-order valence-electron chi connectivity index (χ1n) is 5.03. The fraction of sp³-hybridized carbons (Fsp3) is 0.417. The summed E-state index contributed by atoms with van der Waals surface area (Å²) >= 11 is 0. The lowest BCUT2D eigenvalue weighted by Crippen LogP contribution is -2.19. The average molecular weight is 227 g/mol. The first-order valence-corrected chi connectivity index (χ1v) is 5.03. The number of carbonyl (C=O) groups excluding carboxylic acids is 1. The van der Waals surface area contributed by atoms with E-state index in [0.717, 1.165) is 12.1 Å². The van der Waals surface area contributed by atoms with Crippen LogP contribution >= 0.6 is 0 Å². The van der Waals surface area contributed by atoms with E-state index in [1.807, 2.05) is 20.8 Å². The van der Waals surface area contributed by atoms with Crippen molar-refractivity contribution in [3.05, 3.63) is 29.8 Å². The molecule has 2 nitrogen and oxygen atoms in total. The minimum absolute atomic E-state index is 0.136. The summed E-state index contributed by atoms with van der Waals surface area (Å²) in [6.07, 6.45) is 0.325. The maximum absolute atomic E-state index is 12.8. The Labute approximate surface area is 93.7 Å². The molecule has 0 unspecified atom stereocenters. The minimum atomic E-state index is -0.964. The van der Waals surface area contributed by atoms with Gasteiger partial charge in [-0.05, 0) is 17.5 Å². The maximum Gasteiger partial charge on any atom is 0.224 e. The first-order chi connectivity index (χ1) is 7.28. The lowest BCUT2D eigenvalue weighted by molar-refractivity contribution is -0.117. The molecule has 0 aliphatic heterocycles. The Kier molecular flexibility index (Phi) is 3.62. The van der Waals surface area contributed by atoms with Crippen LogP contribution in [-0.4, -0.2) is 5.91 Å². The molecule has 0 radical (unpaired) electrons. The van der Waals surface area contributed by atoms with Gasteiger partial charge in [-0.1, -0.05) is 20.8 Å². The molecule has 0 aliphatic rings. The van der Waals surface area contributed by atoms with Gasteiger partial charge in [-0.2, -0.15) is 0 Å². The predicted molar refractivity (Wildman–Crippen MR) is 59.1 cm³/mol. The van der Waals surface area contributed by atoms with Crippen LogP contribution in [0.4, 0.5) is 14.5 Å². The summed E-state index contributed by atoms with van der Waals surface area (Å²) in [5.41, 5.74) is 0.135. The number of rotatable bonds is 2. The van der Waals surface area contributed by atoms with Crippen LogP contribution in [0.15, 0.2) is 18.2 Å². The van der Waals surface area contributed by atoms with E-state index in [0.29, 0.717) is 6.42 Å². The van der Waals surface area contributed by atoms with Crippen molar-refractivity contribution >= 4 is 11.6 Å². The van der Waals surface area contributed by atoms with Gasteiger partial charge in [0.25, 0.3) is 0 Å². The van der Waals surface area contributed by atoms with Crippen LogP contribution in [0.3, 0.4) is 0 Å². The van der Waals surface area contributed by atoms with E-state index in [1.54, 1.807) is 0 Å². The Balaban J connectivity index is 2.67. The molecule has 88 valence electrons. The molecule has 0 saturated heterocycles. The van der Waals surface area contributed by atoms with E-state index in [4.69, 9.17) is 0 Å². The minimum Gasteiger partial charge on any atom is -0.326 e. The van der Waals surface area contributed by atoms with Gasteiger partial charge >= 0.3 is 0 Å². The van der Waals surface area contributed by atoms with Gasteiger partial charge in [0, 0.05) is 18.2 Å². The van der Waals surface area contributed by atoms with Crippen LogP contribution in [0.2, 0.25) is 0 Å². The Morgan fingerprint density at radius 1 is 1.25 bits per heavy atom. The van der Waals surface area contributed by atoms with Gasteiger partial charge in [0.1, 0.15) is 0 Å². The van der Waals surface area contributed by atoms with Gasteiger partial charge in [0.05, 0.1) is 0 Å². The van der Waals surface area contributed by atoms with Gasteiger partial charge in [-0.15, -0.1) is 0 Å². The van der Waals surface area contributed by atoms with Crippen LogP contribution in [0.25, 0.3) is 0 Å². The van der Waals surface area contributed by atoms with Crippen LogP contribution in [0.1, 0.15) is 27.2 Å². The topological polar surface area (TPSA) is 29.1 Å². The molecular weight excluding hydrogens is 212 g/mol. The van der Waals surface area contributed by atoms with Crippen molar-refractivity contribution in [2.45, 2.75) is 27.2 Å². The molecule has 16 heavy (non-hydrogen) atoms. The highest BCUT2D eigenvalue weighted by atomic mass is 19.2. The zero-order chi connectivity index (χ0) is 12.3. The van der Waals surface area contributed by atoms with Crippen molar-refractivity contribution in [1.82, 2.24) is 0 Å². The Morgan fingerprint density at radius 2 is 1.88 bits per heavy atom. The summed E-state index contributed by atoms with van der Waals surface area (Å²) in [7, 11) is 0. The Morgan fingerprint density at radius 3 is 2.38 bits per heavy atom. The quantitative estimate of drug-likeness (QED) is 0.824. The highest BCUT2D eigenvalue weighted by molar-refractivity contribution is 5.91. The van der Waals surface area contributed by atoms with E-state index < -0.39 is 11.6 Å². The SMILES string of the molecule is CC(C)(C)CC(=O)Nc1ccc(F)c(F)c1. The number of halogens is 2. The van der Waals surface area contributed by atoms with Crippen LogP contribution < -0.4 is 5.32 Å². The molecule has 0 spiro atoms. The molecule has 4 heteroatoms. The molecular formula is C12H15F2NO.